The van der Waals surface area contributed by atoms with Crippen LogP contribution < -0.4 is 0 Å². The molecule has 0 aliphatic heterocycles. The number of carbonyl (C=O) groups is 1. The van der Waals surface area contributed by atoms with Crippen molar-refractivity contribution in [3.8, 4) is 0 Å². The van der Waals surface area contributed by atoms with E-state index in [-0.39, 0.29) is 22.9 Å². The standard InChI is InChI=1S/C7H7O.C5H5.CH4O.Fe/c1-6(8)7-4-2-3-5-7;1-2-4-5-3-1;1-2;/h2-5H,1H3;1-5H;2H,1H3;/q-1;-5;;. The average molecular weight is 260 g/mol. The van der Waals surface area contributed by atoms with Crippen LogP contribution in [0.1, 0.15) is 17.3 Å². The largest absolute Gasteiger partial charge is 0.748 e. The van der Waals surface area contributed by atoms with Gasteiger partial charge in [-0.3, -0.25) is 0 Å². The Bertz CT molecular complexity index is 305. The number of aliphatic hydroxyl groups is 1. The van der Waals surface area contributed by atoms with E-state index in [1.165, 1.54) is 0 Å². The third kappa shape index (κ3) is 8.18. The number of carbonyl (C=O) groups excluding carboxylic acids is 1. The van der Waals surface area contributed by atoms with E-state index in [1.54, 1.807) is 6.92 Å². The van der Waals surface area contributed by atoms with Crippen molar-refractivity contribution in [3.05, 3.63) is 60.2 Å². The van der Waals surface area contributed by atoms with E-state index in [2.05, 4.69) is 0 Å². The van der Waals surface area contributed by atoms with Gasteiger partial charge in [0, 0.05) is 24.2 Å². The molecule has 2 aromatic rings. The molecule has 1 N–H and O–H groups in total. The van der Waals surface area contributed by atoms with Gasteiger partial charge in [0.25, 0.3) is 0 Å². The minimum atomic E-state index is 0. The van der Waals surface area contributed by atoms with E-state index < -0.39 is 0 Å². The van der Waals surface area contributed by atoms with Crippen LogP contribution in [0.5, 0.6) is 0 Å². The molecule has 0 heterocycles. The molecule has 94 valence electrons. The number of hydrogen-bond donors (Lipinski definition) is 1. The zero-order valence-corrected chi connectivity index (χ0v) is 10.5. The average Bonchev–Trinajstić information content (AvgIpc) is 2.97. The first-order chi connectivity index (χ1) is 7.30. The zero-order valence-electron chi connectivity index (χ0n) is 9.41. The predicted molar refractivity (Wildman–Crippen MR) is 62.2 cm³/mol. The Morgan fingerprint density at radius 2 is 1.31 bits per heavy atom. The molecule has 2 rings (SSSR count). The maximum atomic E-state index is 10.5. The van der Waals surface area contributed by atoms with Gasteiger partial charge in [-0.25, -0.2) is 12.1 Å². The quantitative estimate of drug-likeness (QED) is 0.486. The fourth-order valence-electron chi connectivity index (χ4n) is 0.929. The summed E-state index contributed by atoms with van der Waals surface area (Å²) in [7, 11) is 1.00. The van der Waals surface area contributed by atoms with Crippen molar-refractivity contribution in [2.45, 2.75) is 6.92 Å². The van der Waals surface area contributed by atoms with Gasteiger partial charge in [-0.05, 0) is 6.92 Å². The Morgan fingerprint density at radius 1 is 1.00 bits per heavy atom. The summed E-state index contributed by atoms with van der Waals surface area (Å²) in [5.74, 6) is 0.134. The number of Topliss-reactive ketones (excluding diaryl/α,β-unsaturated/α-hetero) is 1. The van der Waals surface area contributed by atoms with Gasteiger partial charge in [0.05, 0.1) is 0 Å². The molecule has 0 bridgehead atoms. The molecule has 0 saturated carbocycles. The van der Waals surface area contributed by atoms with Crippen molar-refractivity contribution < 1.29 is 27.0 Å². The molecule has 0 radical (unpaired) electrons. The van der Waals surface area contributed by atoms with Gasteiger partial charge >= 0.3 is 0 Å². The van der Waals surface area contributed by atoms with E-state index in [0.29, 0.717) is 0 Å². The van der Waals surface area contributed by atoms with Gasteiger partial charge in [0.2, 0.25) is 0 Å². The van der Waals surface area contributed by atoms with Crippen LogP contribution in [0.3, 0.4) is 0 Å². The van der Waals surface area contributed by atoms with Crippen molar-refractivity contribution in [1.82, 2.24) is 0 Å². The van der Waals surface area contributed by atoms with Gasteiger partial charge in [0.15, 0.2) is 0 Å². The first kappa shape index (κ1) is 17.3. The third-order valence-electron chi connectivity index (χ3n) is 1.62. The second kappa shape index (κ2) is 11.9. The summed E-state index contributed by atoms with van der Waals surface area (Å²) < 4.78 is 0. The van der Waals surface area contributed by atoms with Crippen molar-refractivity contribution >= 4 is 5.78 Å². The molecule has 0 saturated heterocycles. The van der Waals surface area contributed by atoms with Crippen LogP contribution in [0.15, 0.2) is 54.6 Å². The fraction of sp³-hybridized carbons (Fsp3) is 0.154. The Kier molecular flexibility index (Phi) is 12.9. The molecule has 0 amide bonds. The minimum absolute atomic E-state index is 0. The van der Waals surface area contributed by atoms with Crippen LogP contribution in [-0.2, 0) is 17.1 Å². The SMILES string of the molecule is CC(=O)[c-]1cccc1.CO.[Fe].[cH-]1[cH-][cH-][cH-][cH-]1. The molecular weight excluding hydrogens is 244 g/mol. The maximum absolute atomic E-state index is 10.5. The number of hydrogen-bond acceptors (Lipinski definition) is 2. The summed E-state index contributed by atoms with van der Waals surface area (Å²) in [6.07, 6.45) is 0. The molecule has 3 heteroatoms. The van der Waals surface area contributed by atoms with Crippen LogP contribution >= 0.6 is 0 Å². The zero-order chi connectivity index (χ0) is 11.5. The van der Waals surface area contributed by atoms with E-state index in [0.717, 1.165) is 12.7 Å². The molecule has 2 aromatic carbocycles. The summed E-state index contributed by atoms with van der Waals surface area (Å²) in [4.78, 5) is 10.5. The third-order valence-corrected chi connectivity index (χ3v) is 1.62. The maximum Gasteiger partial charge on any atom is 0.105 e. The van der Waals surface area contributed by atoms with Gasteiger partial charge in [-0.15, -0.1) is 0 Å². The van der Waals surface area contributed by atoms with Crippen LogP contribution in [0.2, 0.25) is 0 Å². The first-order valence-corrected chi connectivity index (χ1v) is 4.65. The molecule has 0 aliphatic carbocycles. The van der Waals surface area contributed by atoms with E-state index in [9.17, 15) is 4.79 Å². The topological polar surface area (TPSA) is 37.3 Å². The number of rotatable bonds is 1. The Labute approximate surface area is 107 Å². The van der Waals surface area contributed by atoms with Crippen molar-refractivity contribution in [3.63, 3.8) is 0 Å². The molecule has 2 nitrogen and oxygen atoms in total. The summed E-state index contributed by atoms with van der Waals surface area (Å²) >= 11 is 0. The summed E-state index contributed by atoms with van der Waals surface area (Å²) in [6, 6.07) is 17.3. The second-order valence-electron chi connectivity index (χ2n) is 2.69. The van der Waals surface area contributed by atoms with Crippen LogP contribution in [0.25, 0.3) is 0 Å². The minimum Gasteiger partial charge on any atom is -0.748 e. The van der Waals surface area contributed by atoms with Crippen molar-refractivity contribution in [2.24, 2.45) is 0 Å². The first-order valence-electron chi connectivity index (χ1n) is 4.65. The van der Waals surface area contributed by atoms with Crippen LogP contribution in [0.4, 0.5) is 0 Å². The normalized spacial score (nSPS) is 7.44. The molecule has 16 heavy (non-hydrogen) atoms. The van der Waals surface area contributed by atoms with E-state index in [4.69, 9.17) is 5.11 Å². The van der Waals surface area contributed by atoms with Crippen LogP contribution in [-0.4, -0.2) is 18.0 Å². The van der Waals surface area contributed by atoms with Gasteiger partial charge in [0.1, 0.15) is 5.78 Å². The van der Waals surface area contributed by atoms with Gasteiger partial charge < -0.3 is 40.2 Å². The van der Waals surface area contributed by atoms with E-state index in [1.807, 2.05) is 54.6 Å². The molecule has 0 atom stereocenters. The van der Waals surface area contributed by atoms with Crippen molar-refractivity contribution in [2.75, 3.05) is 7.11 Å². The Hall–Kier alpha value is -1.15. The number of aliphatic hydroxyl groups excluding tert-OH is 1. The molecule has 0 unspecified atom stereocenters. The predicted octanol–water partition coefficient (Wildman–Crippen LogP) is 2.62. The molecule has 0 aliphatic rings. The van der Waals surface area contributed by atoms with Gasteiger partial charge in [-0.2, -0.15) is 12.1 Å². The Balaban J connectivity index is 0. The fourth-order valence-corrected chi connectivity index (χ4v) is 0.929. The summed E-state index contributed by atoms with van der Waals surface area (Å²) in [6.45, 7) is 1.56. The summed E-state index contributed by atoms with van der Waals surface area (Å²) in [5, 5.41) is 7.00. The summed E-state index contributed by atoms with van der Waals surface area (Å²) in [5.41, 5.74) is 0.796. The van der Waals surface area contributed by atoms with Crippen molar-refractivity contribution in [1.29, 1.82) is 0 Å². The monoisotopic (exact) mass is 260 g/mol. The smallest absolute Gasteiger partial charge is 0.105 e. The molecule has 0 aromatic heterocycles. The van der Waals surface area contributed by atoms with Crippen LogP contribution in [0, 0.1) is 0 Å². The van der Waals surface area contributed by atoms with E-state index >= 15 is 0 Å². The Morgan fingerprint density at radius 3 is 1.50 bits per heavy atom. The second-order valence-corrected chi connectivity index (χ2v) is 2.69. The molecule has 0 fully saturated rings. The molecular formula is C13H16FeO2-6. The van der Waals surface area contributed by atoms with Gasteiger partial charge in [-0.1, -0.05) is 5.56 Å². The number of ketones is 1. The molecule has 0 spiro atoms.